The summed E-state index contributed by atoms with van der Waals surface area (Å²) in [7, 11) is 0. The standard InChI is InChI=1S/C13H24N2O/c1-13(7-2-3-8-13)12(16)15-10-6-11-5-4-9-14-11/h11,14H,2-10H2,1H3,(H,15,16). The van der Waals surface area contributed by atoms with Gasteiger partial charge in [-0.25, -0.2) is 0 Å². The Morgan fingerprint density at radius 1 is 1.38 bits per heavy atom. The van der Waals surface area contributed by atoms with Gasteiger partial charge in [0, 0.05) is 18.0 Å². The summed E-state index contributed by atoms with van der Waals surface area (Å²) in [5.41, 5.74) is -0.0664. The van der Waals surface area contributed by atoms with E-state index in [1.807, 2.05) is 0 Å². The monoisotopic (exact) mass is 224 g/mol. The lowest BCUT2D eigenvalue weighted by atomic mass is 9.88. The summed E-state index contributed by atoms with van der Waals surface area (Å²) in [4.78, 5) is 12.0. The third-order valence-corrected chi connectivity index (χ3v) is 4.20. The van der Waals surface area contributed by atoms with Crippen LogP contribution in [0.4, 0.5) is 0 Å². The molecular weight excluding hydrogens is 200 g/mol. The first-order chi connectivity index (χ1) is 7.71. The lowest BCUT2D eigenvalue weighted by molar-refractivity contribution is -0.129. The third kappa shape index (κ3) is 2.76. The van der Waals surface area contributed by atoms with Crippen LogP contribution in [-0.2, 0) is 4.79 Å². The van der Waals surface area contributed by atoms with Crippen molar-refractivity contribution in [2.75, 3.05) is 13.1 Å². The van der Waals surface area contributed by atoms with Crippen molar-refractivity contribution in [2.24, 2.45) is 5.41 Å². The molecule has 1 atom stereocenters. The molecule has 1 saturated heterocycles. The largest absolute Gasteiger partial charge is 0.356 e. The van der Waals surface area contributed by atoms with Gasteiger partial charge >= 0.3 is 0 Å². The Morgan fingerprint density at radius 3 is 2.75 bits per heavy atom. The van der Waals surface area contributed by atoms with Gasteiger partial charge in [0.1, 0.15) is 0 Å². The van der Waals surface area contributed by atoms with Crippen LogP contribution >= 0.6 is 0 Å². The van der Waals surface area contributed by atoms with Crippen LogP contribution in [0.25, 0.3) is 0 Å². The smallest absolute Gasteiger partial charge is 0.225 e. The van der Waals surface area contributed by atoms with E-state index < -0.39 is 0 Å². The summed E-state index contributed by atoms with van der Waals surface area (Å²) in [6.45, 7) is 4.10. The Labute approximate surface area is 98.4 Å². The summed E-state index contributed by atoms with van der Waals surface area (Å²) in [5.74, 6) is 0.281. The average molecular weight is 224 g/mol. The number of hydrogen-bond donors (Lipinski definition) is 2. The van der Waals surface area contributed by atoms with Gasteiger partial charge in [-0.05, 0) is 38.6 Å². The summed E-state index contributed by atoms with van der Waals surface area (Å²) in [5, 5.41) is 6.57. The van der Waals surface area contributed by atoms with Gasteiger partial charge in [0.05, 0.1) is 0 Å². The highest BCUT2D eigenvalue weighted by molar-refractivity contribution is 5.82. The molecule has 0 aromatic heterocycles. The minimum atomic E-state index is -0.0664. The van der Waals surface area contributed by atoms with E-state index in [9.17, 15) is 4.79 Å². The van der Waals surface area contributed by atoms with E-state index in [2.05, 4.69) is 17.6 Å². The number of amides is 1. The minimum Gasteiger partial charge on any atom is -0.356 e. The number of nitrogens with one attached hydrogen (secondary N) is 2. The van der Waals surface area contributed by atoms with Gasteiger partial charge in [0.2, 0.25) is 5.91 Å². The van der Waals surface area contributed by atoms with Crippen LogP contribution in [0.15, 0.2) is 0 Å². The van der Waals surface area contributed by atoms with Crippen LogP contribution in [-0.4, -0.2) is 25.0 Å². The summed E-state index contributed by atoms with van der Waals surface area (Å²) < 4.78 is 0. The molecule has 1 saturated carbocycles. The third-order valence-electron chi connectivity index (χ3n) is 4.20. The fourth-order valence-corrected chi connectivity index (χ4v) is 2.96. The number of rotatable bonds is 4. The molecule has 2 rings (SSSR count). The molecule has 2 aliphatic rings. The van der Waals surface area contributed by atoms with Gasteiger partial charge in [0.25, 0.3) is 0 Å². The Balaban J connectivity index is 1.67. The first kappa shape index (κ1) is 11.9. The van der Waals surface area contributed by atoms with Crippen molar-refractivity contribution in [3.8, 4) is 0 Å². The lowest BCUT2D eigenvalue weighted by Gasteiger charge is -2.22. The molecule has 3 heteroatoms. The molecule has 1 amide bonds. The van der Waals surface area contributed by atoms with Crippen LogP contribution in [0.1, 0.15) is 51.9 Å². The summed E-state index contributed by atoms with van der Waals surface area (Å²) >= 11 is 0. The lowest BCUT2D eigenvalue weighted by Crippen LogP contribution is -2.39. The van der Waals surface area contributed by atoms with E-state index in [1.165, 1.54) is 25.7 Å². The van der Waals surface area contributed by atoms with Gasteiger partial charge in [-0.2, -0.15) is 0 Å². The second-order valence-electron chi connectivity index (χ2n) is 5.61. The van der Waals surface area contributed by atoms with Crippen molar-refractivity contribution in [1.82, 2.24) is 10.6 Å². The predicted molar refractivity (Wildman–Crippen MR) is 65.2 cm³/mol. The summed E-state index contributed by atoms with van der Waals surface area (Å²) in [6.07, 6.45) is 8.22. The molecule has 1 aliphatic heterocycles. The zero-order valence-electron chi connectivity index (χ0n) is 10.3. The van der Waals surface area contributed by atoms with Crippen LogP contribution < -0.4 is 10.6 Å². The Morgan fingerprint density at radius 2 is 2.12 bits per heavy atom. The first-order valence-corrected chi connectivity index (χ1v) is 6.72. The zero-order chi connectivity index (χ0) is 11.4. The van der Waals surface area contributed by atoms with Gasteiger partial charge in [-0.3, -0.25) is 4.79 Å². The van der Waals surface area contributed by atoms with Gasteiger partial charge in [-0.1, -0.05) is 19.8 Å². The fraction of sp³-hybridized carbons (Fsp3) is 0.923. The van der Waals surface area contributed by atoms with Crippen LogP contribution in [0, 0.1) is 5.41 Å². The Hall–Kier alpha value is -0.570. The predicted octanol–water partition coefficient (Wildman–Crippen LogP) is 1.82. The van der Waals surface area contributed by atoms with Crippen molar-refractivity contribution in [3.63, 3.8) is 0 Å². The van der Waals surface area contributed by atoms with E-state index in [1.54, 1.807) is 0 Å². The molecule has 92 valence electrons. The normalized spacial score (nSPS) is 28.2. The van der Waals surface area contributed by atoms with Gasteiger partial charge in [-0.15, -0.1) is 0 Å². The fourth-order valence-electron chi connectivity index (χ4n) is 2.96. The maximum atomic E-state index is 12.0. The zero-order valence-corrected chi connectivity index (χ0v) is 10.3. The maximum Gasteiger partial charge on any atom is 0.225 e. The molecule has 1 heterocycles. The van der Waals surface area contributed by atoms with Crippen molar-refractivity contribution in [3.05, 3.63) is 0 Å². The molecular formula is C13H24N2O. The molecule has 0 aromatic rings. The second kappa shape index (κ2) is 5.17. The molecule has 16 heavy (non-hydrogen) atoms. The van der Waals surface area contributed by atoms with E-state index in [0.29, 0.717) is 6.04 Å². The quantitative estimate of drug-likeness (QED) is 0.765. The van der Waals surface area contributed by atoms with E-state index >= 15 is 0 Å². The van der Waals surface area contributed by atoms with Crippen molar-refractivity contribution in [2.45, 2.75) is 57.9 Å². The van der Waals surface area contributed by atoms with E-state index in [4.69, 9.17) is 0 Å². The highest BCUT2D eigenvalue weighted by atomic mass is 16.2. The topological polar surface area (TPSA) is 41.1 Å². The summed E-state index contributed by atoms with van der Waals surface area (Å²) in [6, 6.07) is 0.636. The number of carbonyl (C=O) groups is 1. The van der Waals surface area contributed by atoms with Gasteiger partial charge in [0.15, 0.2) is 0 Å². The number of carbonyl (C=O) groups excluding carboxylic acids is 1. The molecule has 2 fully saturated rings. The maximum absolute atomic E-state index is 12.0. The molecule has 1 aliphatic carbocycles. The molecule has 2 N–H and O–H groups in total. The van der Waals surface area contributed by atoms with Crippen LogP contribution in [0.2, 0.25) is 0 Å². The van der Waals surface area contributed by atoms with Crippen molar-refractivity contribution in [1.29, 1.82) is 0 Å². The highest BCUT2D eigenvalue weighted by Crippen LogP contribution is 2.37. The van der Waals surface area contributed by atoms with Crippen molar-refractivity contribution >= 4 is 5.91 Å². The first-order valence-electron chi connectivity index (χ1n) is 6.72. The molecule has 3 nitrogen and oxygen atoms in total. The molecule has 0 radical (unpaired) electrons. The highest BCUT2D eigenvalue weighted by Gasteiger charge is 2.35. The number of hydrogen-bond acceptors (Lipinski definition) is 2. The van der Waals surface area contributed by atoms with Gasteiger partial charge < -0.3 is 10.6 Å². The molecule has 1 unspecified atom stereocenters. The van der Waals surface area contributed by atoms with Crippen molar-refractivity contribution < 1.29 is 4.79 Å². The SMILES string of the molecule is CC1(C(=O)NCCC2CCCN2)CCCC1. The Kier molecular flexibility index (Phi) is 3.85. The second-order valence-corrected chi connectivity index (χ2v) is 5.61. The van der Waals surface area contributed by atoms with E-state index in [0.717, 1.165) is 32.4 Å². The van der Waals surface area contributed by atoms with Crippen LogP contribution in [0.5, 0.6) is 0 Å². The minimum absolute atomic E-state index is 0.0664. The van der Waals surface area contributed by atoms with Crippen LogP contribution in [0.3, 0.4) is 0 Å². The van der Waals surface area contributed by atoms with E-state index in [-0.39, 0.29) is 11.3 Å². The average Bonchev–Trinajstić information content (AvgIpc) is 2.90. The molecule has 0 spiro atoms. The molecule has 0 aromatic carbocycles. The molecule has 0 bridgehead atoms. The Bertz CT molecular complexity index is 240.